The van der Waals surface area contributed by atoms with Crippen LogP contribution in [0.3, 0.4) is 0 Å². The zero-order chi connectivity index (χ0) is 15.4. The van der Waals surface area contributed by atoms with Gasteiger partial charge in [0, 0.05) is 0 Å². The second kappa shape index (κ2) is 6.58. The normalized spacial score (nSPS) is 10.1. The van der Waals surface area contributed by atoms with Crippen molar-refractivity contribution in [3.8, 4) is 11.5 Å². The summed E-state index contributed by atoms with van der Waals surface area (Å²) in [6.45, 7) is 0. The van der Waals surface area contributed by atoms with E-state index in [0.29, 0.717) is 16.0 Å². The van der Waals surface area contributed by atoms with Crippen molar-refractivity contribution < 1.29 is 18.7 Å². The Morgan fingerprint density at radius 1 is 1.14 bits per heavy atom. The molecule has 0 unspecified atom stereocenters. The lowest BCUT2D eigenvalue weighted by Gasteiger charge is -2.13. The summed E-state index contributed by atoms with van der Waals surface area (Å²) in [6.07, 6.45) is 0. The third-order valence-electron chi connectivity index (χ3n) is 2.85. The number of nitrogens with one attached hydrogen (secondary N) is 1. The summed E-state index contributed by atoms with van der Waals surface area (Å²) in [6, 6.07) is 9.13. The number of ether oxygens (including phenoxy) is 2. The van der Waals surface area contributed by atoms with Gasteiger partial charge < -0.3 is 14.8 Å². The summed E-state index contributed by atoms with van der Waals surface area (Å²) >= 11 is 3.32. The molecule has 0 radical (unpaired) electrons. The van der Waals surface area contributed by atoms with Gasteiger partial charge in [-0.05, 0) is 40.2 Å². The van der Waals surface area contributed by atoms with Gasteiger partial charge in [-0.15, -0.1) is 0 Å². The molecule has 0 aliphatic carbocycles. The summed E-state index contributed by atoms with van der Waals surface area (Å²) in [7, 11) is 2.96. The van der Waals surface area contributed by atoms with Crippen molar-refractivity contribution in [1.29, 1.82) is 0 Å². The predicted octanol–water partition coefficient (Wildman–Crippen LogP) is 3.86. The highest BCUT2D eigenvalue weighted by Crippen LogP contribution is 2.37. The minimum Gasteiger partial charge on any atom is -0.495 e. The molecule has 21 heavy (non-hydrogen) atoms. The third-order valence-corrected chi connectivity index (χ3v) is 3.60. The fraction of sp³-hybridized carbons (Fsp3) is 0.133. The maximum Gasteiger partial charge on any atom is 0.259 e. The number of hydrogen-bond donors (Lipinski definition) is 1. The summed E-state index contributed by atoms with van der Waals surface area (Å²) in [5.41, 5.74) is 0.380. The molecule has 0 atom stereocenters. The molecular formula is C15H13BrFNO3. The lowest BCUT2D eigenvalue weighted by Crippen LogP contribution is -2.14. The number of amides is 1. The standard InChI is InChI=1S/C15H13BrFNO3/c1-20-12-8-7-9(14(21-2)13(12)16)15(19)18-11-6-4-3-5-10(11)17/h3-8H,1-2H3,(H,18,19). The van der Waals surface area contributed by atoms with E-state index in [1.807, 2.05) is 0 Å². The predicted molar refractivity (Wildman–Crippen MR) is 81.6 cm³/mol. The highest BCUT2D eigenvalue weighted by Gasteiger charge is 2.19. The Kier molecular flexibility index (Phi) is 4.80. The number of rotatable bonds is 4. The second-order valence-corrected chi connectivity index (χ2v) is 4.89. The van der Waals surface area contributed by atoms with Gasteiger partial charge >= 0.3 is 0 Å². The van der Waals surface area contributed by atoms with Crippen molar-refractivity contribution >= 4 is 27.5 Å². The van der Waals surface area contributed by atoms with Crippen LogP contribution in [-0.2, 0) is 0 Å². The first-order chi connectivity index (χ1) is 10.1. The summed E-state index contributed by atoms with van der Waals surface area (Å²) in [5.74, 6) is -0.116. The molecule has 1 N–H and O–H groups in total. The number of carbonyl (C=O) groups excluding carboxylic acids is 1. The Morgan fingerprint density at radius 3 is 2.48 bits per heavy atom. The van der Waals surface area contributed by atoms with Gasteiger partial charge in [0.15, 0.2) is 0 Å². The van der Waals surface area contributed by atoms with E-state index < -0.39 is 11.7 Å². The molecule has 0 saturated heterocycles. The number of anilines is 1. The SMILES string of the molecule is COc1ccc(C(=O)Nc2ccccc2F)c(OC)c1Br. The molecule has 0 aliphatic heterocycles. The Morgan fingerprint density at radius 2 is 1.86 bits per heavy atom. The van der Waals surface area contributed by atoms with Gasteiger partial charge in [-0.3, -0.25) is 4.79 Å². The van der Waals surface area contributed by atoms with Crippen molar-refractivity contribution in [3.63, 3.8) is 0 Å². The molecule has 6 heteroatoms. The summed E-state index contributed by atoms with van der Waals surface area (Å²) in [4.78, 5) is 12.3. The molecule has 0 fully saturated rings. The molecule has 0 bridgehead atoms. The van der Waals surface area contributed by atoms with Crippen molar-refractivity contribution in [2.75, 3.05) is 19.5 Å². The third kappa shape index (κ3) is 3.16. The maximum atomic E-state index is 13.6. The molecule has 0 aliphatic rings. The molecule has 2 rings (SSSR count). The van der Waals surface area contributed by atoms with E-state index in [1.54, 1.807) is 24.3 Å². The van der Waals surface area contributed by atoms with Gasteiger partial charge in [0.2, 0.25) is 0 Å². The van der Waals surface area contributed by atoms with E-state index in [2.05, 4.69) is 21.2 Å². The average molecular weight is 354 g/mol. The van der Waals surface area contributed by atoms with Crippen LogP contribution < -0.4 is 14.8 Å². The van der Waals surface area contributed by atoms with Crippen molar-refractivity contribution in [1.82, 2.24) is 0 Å². The molecule has 1 amide bonds. The molecular weight excluding hydrogens is 341 g/mol. The van der Waals surface area contributed by atoms with Gasteiger partial charge in [0.05, 0.1) is 25.5 Å². The Balaban J connectivity index is 2.36. The highest BCUT2D eigenvalue weighted by atomic mass is 79.9. The van der Waals surface area contributed by atoms with E-state index in [1.165, 1.54) is 26.4 Å². The van der Waals surface area contributed by atoms with Gasteiger partial charge in [0.25, 0.3) is 5.91 Å². The van der Waals surface area contributed by atoms with Crippen LogP contribution >= 0.6 is 15.9 Å². The minimum atomic E-state index is -0.502. The topological polar surface area (TPSA) is 47.6 Å². The van der Waals surface area contributed by atoms with Crippen LogP contribution in [0.5, 0.6) is 11.5 Å². The fourth-order valence-electron chi connectivity index (χ4n) is 1.83. The lowest BCUT2D eigenvalue weighted by atomic mass is 10.1. The number of para-hydroxylation sites is 1. The van der Waals surface area contributed by atoms with Gasteiger partial charge in [0.1, 0.15) is 21.8 Å². The molecule has 4 nitrogen and oxygen atoms in total. The first-order valence-corrected chi connectivity index (χ1v) is 6.84. The smallest absolute Gasteiger partial charge is 0.259 e. The van der Waals surface area contributed by atoms with Gasteiger partial charge in [-0.25, -0.2) is 4.39 Å². The monoisotopic (exact) mass is 353 g/mol. The van der Waals surface area contributed by atoms with Crippen LogP contribution in [0.2, 0.25) is 0 Å². The first kappa shape index (κ1) is 15.3. The van der Waals surface area contributed by atoms with Crippen LogP contribution in [0.1, 0.15) is 10.4 Å². The second-order valence-electron chi connectivity index (χ2n) is 4.10. The number of methoxy groups -OCH3 is 2. The van der Waals surface area contributed by atoms with Gasteiger partial charge in [-0.2, -0.15) is 0 Å². The molecule has 0 spiro atoms. The van der Waals surface area contributed by atoms with Crippen LogP contribution in [0.15, 0.2) is 40.9 Å². The molecule has 2 aromatic rings. The van der Waals surface area contributed by atoms with Crippen LogP contribution in [0.4, 0.5) is 10.1 Å². The molecule has 0 saturated carbocycles. The maximum absolute atomic E-state index is 13.6. The number of benzene rings is 2. The van der Waals surface area contributed by atoms with Crippen LogP contribution in [0.25, 0.3) is 0 Å². The summed E-state index contributed by atoms with van der Waals surface area (Å²) in [5, 5.41) is 2.51. The van der Waals surface area contributed by atoms with Crippen molar-refractivity contribution in [3.05, 3.63) is 52.3 Å². The van der Waals surface area contributed by atoms with Crippen LogP contribution in [0, 0.1) is 5.82 Å². The largest absolute Gasteiger partial charge is 0.495 e. The number of halogens is 2. The number of hydrogen-bond acceptors (Lipinski definition) is 3. The zero-order valence-electron chi connectivity index (χ0n) is 11.4. The average Bonchev–Trinajstić information content (AvgIpc) is 2.49. The van der Waals surface area contributed by atoms with Crippen LogP contribution in [-0.4, -0.2) is 20.1 Å². The van der Waals surface area contributed by atoms with E-state index in [-0.39, 0.29) is 11.3 Å². The summed E-state index contributed by atoms with van der Waals surface area (Å²) < 4.78 is 24.5. The Bertz CT molecular complexity index is 676. The molecule has 0 heterocycles. The Labute approximate surface area is 130 Å². The van der Waals surface area contributed by atoms with E-state index >= 15 is 0 Å². The molecule has 110 valence electrons. The highest BCUT2D eigenvalue weighted by molar-refractivity contribution is 9.10. The molecule has 2 aromatic carbocycles. The molecule has 0 aromatic heterocycles. The van der Waals surface area contributed by atoms with Crippen molar-refractivity contribution in [2.24, 2.45) is 0 Å². The quantitative estimate of drug-likeness (QED) is 0.907. The van der Waals surface area contributed by atoms with Gasteiger partial charge in [-0.1, -0.05) is 12.1 Å². The number of carbonyl (C=O) groups is 1. The lowest BCUT2D eigenvalue weighted by molar-refractivity contribution is 0.102. The zero-order valence-corrected chi connectivity index (χ0v) is 13.0. The fourth-order valence-corrected chi connectivity index (χ4v) is 2.50. The van der Waals surface area contributed by atoms with E-state index in [9.17, 15) is 9.18 Å². The van der Waals surface area contributed by atoms with E-state index in [0.717, 1.165) is 0 Å². The first-order valence-electron chi connectivity index (χ1n) is 6.04. The minimum absolute atomic E-state index is 0.108. The van der Waals surface area contributed by atoms with Crippen molar-refractivity contribution in [2.45, 2.75) is 0 Å². The van der Waals surface area contributed by atoms with E-state index in [4.69, 9.17) is 9.47 Å². The Hall–Kier alpha value is -2.08.